The Morgan fingerprint density at radius 1 is 0.826 bits per heavy atom. The molecule has 0 saturated heterocycles. The third kappa shape index (κ3) is 9.07. The van der Waals surface area contributed by atoms with Crippen LogP contribution in [0.15, 0.2) is 106 Å². The van der Waals surface area contributed by atoms with Gasteiger partial charge in [-0.15, -0.1) is 0 Å². The van der Waals surface area contributed by atoms with Crippen LogP contribution in [0, 0.1) is 20.8 Å². The van der Waals surface area contributed by atoms with Crippen LogP contribution in [-0.4, -0.2) is 44.3 Å². The molecule has 0 spiro atoms. The number of unbranched alkanes of at least 4 members (excludes halogenated alkanes) is 1. The SMILES string of the molecule is CCCCNC(=O)[C@@H](Cc1ccccc1)N(Cc1ccc(Br)cc1)C(=O)CN(c1ccc(C)c(C)c1)S(=O)(=O)c1ccc(C)cc1. The van der Waals surface area contributed by atoms with Crippen LogP contribution in [0.3, 0.4) is 0 Å². The normalized spacial score (nSPS) is 11.9. The van der Waals surface area contributed by atoms with Crippen molar-refractivity contribution in [2.45, 2.75) is 64.4 Å². The van der Waals surface area contributed by atoms with Crippen molar-refractivity contribution in [2.24, 2.45) is 0 Å². The molecule has 7 nitrogen and oxygen atoms in total. The number of hydrogen-bond donors (Lipinski definition) is 1. The van der Waals surface area contributed by atoms with Crippen molar-refractivity contribution in [3.05, 3.63) is 129 Å². The smallest absolute Gasteiger partial charge is 0.264 e. The molecule has 0 aliphatic rings. The van der Waals surface area contributed by atoms with E-state index in [1.54, 1.807) is 36.4 Å². The van der Waals surface area contributed by atoms with Crippen LogP contribution in [0.25, 0.3) is 0 Å². The van der Waals surface area contributed by atoms with Gasteiger partial charge in [0, 0.05) is 24.0 Å². The first-order valence-corrected chi connectivity index (χ1v) is 17.7. The second-order valence-electron chi connectivity index (χ2n) is 11.6. The van der Waals surface area contributed by atoms with Crippen LogP contribution in [0.2, 0.25) is 0 Å². The second-order valence-corrected chi connectivity index (χ2v) is 14.4. The molecule has 4 aromatic rings. The van der Waals surface area contributed by atoms with Gasteiger partial charge in [-0.1, -0.05) is 95.5 Å². The van der Waals surface area contributed by atoms with Crippen LogP contribution in [-0.2, 0) is 32.6 Å². The van der Waals surface area contributed by atoms with Crippen molar-refractivity contribution in [3.8, 4) is 0 Å². The molecule has 0 fully saturated rings. The largest absolute Gasteiger partial charge is 0.354 e. The topological polar surface area (TPSA) is 86.8 Å². The summed E-state index contributed by atoms with van der Waals surface area (Å²) >= 11 is 3.47. The third-order valence-electron chi connectivity index (χ3n) is 8.03. The zero-order chi connectivity index (χ0) is 33.3. The lowest BCUT2D eigenvalue weighted by atomic mass is 10.0. The second kappa shape index (κ2) is 16.1. The number of nitrogens with one attached hydrogen (secondary N) is 1. The van der Waals surface area contributed by atoms with E-state index in [1.165, 1.54) is 4.90 Å². The molecule has 0 aliphatic carbocycles. The Labute approximate surface area is 281 Å². The summed E-state index contributed by atoms with van der Waals surface area (Å²) in [6, 6.07) is 28.2. The maximum absolute atomic E-state index is 14.6. The van der Waals surface area contributed by atoms with Gasteiger partial charge in [-0.3, -0.25) is 13.9 Å². The van der Waals surface area contributed by atoms with Gasteiger partial charge in [0.05, 0.1) is 10.6 Å². The molecule has 4 rings (SSSR count). The lowest BCUT2D eigenvalue weighted by Gasteiger charge is -2.34. The van der Waals surface area contributed by atoms with E-state index < -0.39 is 28.5 Å². The maximum Gasteiger partial charge on any atom is 0.264 e. The summed E-state index contributed by atoms with van der Waals surface area (Å²) in [5.74, 6) is -0.759. The summed E-state index contributed by atoms with van der Waals surface area (Å²) in [6.45, 7) is 7.92. The summed E-state index contributed by atoms with van der Waals surface area (Å²) in [6.07, 6.45) is 1.99. The van der Waals surface area contributed by atoms with Crippen LogP contribution in [0.1, 0.15) is 47.6 Å². The molecular formula is C37H42BrN3O4S. The molecule has 2 amide bonds. The van der Waals surface area contributed by atoms with Gasteiger partial charge < -0.3 is 10.2 Å². The number of hydrogen-bond acceptors (Lipinski definition) is 4. The van der Waals surface area contributed by atoms with Crippen molar-refractivity contribution in [1.29, 1.82) is 0 Å². The number of carbonyl (C=O) groups is 2. The molecule has 4 aromatic carbocycles. The van der Waals surface area contributed by atoms with E-state index in [0.717, 1.165) is 49.4 Å². The molecule has 0 saturated carbocycles. The first kappa shape index (κ1) is 34.9. The lowest BCUT2D eigenvalue weighted by molar-refractivity contribution is -0.140. The Balaban J connectivity index is 1.80. The van der Waals surface area contributed by atoms with Gasteiger partial charge in [0.1, 0.15) is 12.6 Å². The number of rotatable bonds is 14. The highest BCUT2D eigenvalue weighted by Crippen LogP contribution is 2.27. The fourth-order valence-electron chi connectivity index (χ4n) is 5.09. The monoisotopic (exact) mass is 703 g/mol. The number of amides is 2. The number of halogens is 1. The standard InChI is InChI=1S/C37H42BrN3O4S/c1-5-6-22-39-37(43)35(24-30-10-8-7-9-11-30)40(25-31-15-17-32(38)18-16-31)36(42)26-41(33-19-14-28(3)29(4)23-33)46(44,45)34-20-12-27(2)13-21-34/h7-21,23,35H,5-6,22,24-26H2,1-4H3,(H,39,43)/t35-/m1/s1. The Hall–Kier alpha value is -3.95. The Bertz CT molecular complexity index is 1730. The van der Waals surface area contributed by atoms with E-state index in [1.807, 2.05) is 88.4 Å². The average molecular weight is 705 g/mol. The highest BCUT2D eigenvalue weighted by atomic mass is 79.9. The first-order chi connectivity index (χ1) is 22.0. The highest BCUT2D eigenvalue weighted by Gasteiger charge is 2.34. The lowest BCUT2D eigenvalue weighted by Crippen LogP contribution is -2.53. The molecule has 0 radical (unpaired) electrons. The molecule has 0 bridgehead atoms. The van der Waals surface area contributed by atoms with Gasteiger partial charge in [-0.05, 0) is 85.8 Å². The van der Waals surface area contributed by atoms with Crippen LogP contribution in [0.4, 0.5) is 5.69 Å². The predicted molar refractivity (Wildman–Crippen MR) is 188 cm³/mol. The Morgan fingerprint density at radius 3 is 2.13 bits per heavy atom. The highest BCUT2D eigenvalue weighted by molar-refractivity contribution is 9.10. The van der Waals surface area contributed by atoms with Crippen molar-refractivity contribution in [3.63, 3.8) is 0 Å². The van der Waals surface area contributed by atoms with Crippen molar-refractivity contribution >= 4 is 43.5 Å². The minimum absolute atomic E-state index is 0.0849. The zero-order valence-corrected chi connectivity index (χ0v) is 29.3. The summed E-state index contributed by atoms with van der Waals surface area (Å²) in [5.41, 5.74) is 4.92. The number of benzene rings is 4. The number of sulfonamides is 1. The zero-order valence-electron chi connectivity index (χ0n) is 26.9. The minimum atomic E-state index is -4.15. The summed E-state index contributed by atoms with van der Waals surface area (Å²) in [7, 11) is -4.15. The van der Waals surface area contributed by atoms with E-state index in [2.05, 4.69) is 21.2 Å². The molecule has 0 aromatic heterocycles. The van der Waals surface area contributed by atoms with E-state index in [-0.39, 0.29) is 23.8 Å². The Kier molecular flexibility index (Phi) is 12.2. The molecule has 0 unspecified atom stereocenters. The van der Waals surface area contributed by atoms with Crippen LogP contribution in [0.5, 0.6) is 0 Å². The number of aryl methyl sites for hydroxylation is 3. The quantitative estimate of drug-likeness (QED) is 0.142. The molecule has 1 N–H and O–H groups in total. The van der Waals surface area contributed by atoms with E-state index in [0.29, 0.717) is 12.2 Å². The van der Waals surface area contributed by atoms with Gasteiger partial charge in [0.2, 0.25) is 11.8 Å². The van der Waals surface area contributed by atoms with Gasteiger partial charge in [-0.25, -0.2) is 8.42 Å². The molecule has 0 heterocycles. The third-order valence-corrected chi connectivity index (χ3v) is 10.3. The van der Waals surface area contributed by atoms with E-state index >= 15 is 0 Å². The fraction of sp³-hybridized carbons (Fsp3) is 0.297. The van der Waals surface area contributed by atoms with Crippen molar-refractivity contribution in [1.82, 2.24) is 10.2 Å². The average Bonchev–Trinajstić information content (AvgIpc) is 3.04. The van der Waals surface area contributed by atoms with Gasteiger partial charge in [0.25, 0.3) is 10.0 Å². The van der Waals surface area contributed by atoms with E-state index in [9.17, 15) is 18.0 Å². The maximum atomic E-state index is 14.6. The Morgan fingerprint density at radius 2 is 1.50 bits per heavy atom. The first-order valence-electron chi connectivity index (χ1n) is 15.5. The van der Waals surface area contributed by atoms with Crippen molar-refractivity contribution < 1.29 is 18.0 Å². The number of anilines is 1. The summed E-state index contributed by atoms with van der Waals surface area (Å²) < 4.78 is 30.5. The van der Waals surface area contributed by atoms with Gasteiger partial charge >= 0.3 is 0 Å². The number of nitrogens with zero attached hydrogens (tertiary/aromatic N) is 2. The van der Waals surface area contributed by atoms with Gasteiger partial charge in [0.15, 0.2) is 0 Å². The van der Waals surface area contributed by atoms with Crippen LogP contribution < -0.4 is 9.62 Å². The van der Waals surface area contributed by atoms with Crippen LogP contribution >= 0.6 is 15.9 Å². The molecule has 9 heteroatoms. The molecule has 46 heavy (non-hydrogen) atoms. The number of carbonyl (C=O) groups excluding carboxylic acids is 2. The molecule has 242 valence electrons. The predicted octanol–water partition coefficient (Wildman–Crippen LogP) is 7.13. The van der Waals surface area contributed by atoms with Gasteiger partial charge in [-0.2, -0.15) is 0 Å². The minimum Gasteiger partial charge on any atom is -0.354 e. The van der Waals surface area contributed by atoms with Crippen molar-refractivity contribution in [2.75, 3.05) is 17.4 Å². The summed E-state index contributed by atoms with van der Waals surface area (Å²) in [4.78, 5) is 30.0. The fourth-order valence-corrected chi connectivity index (χ4v) is 6.76. The molecular weight excluding hydrogens is 662 g/mol. The molecule has 1 atom stereocenters. The molecule has 0 aliphatic heterocycles. The van der Waals surface area contributed by atoms with E-state index in [4.69, 9.17) is 0 Å². The summed E-state index contributed by atoms with van der Waals surface area (Å²) in [5, 5.41) is 3.02.